The molecule has 0 aliphatic rings. The predicted molar refractivity (Wildman–Crippen MR) is 107 cm³/mol. The van der Waals surface area contributed by atoms with Gasteiger partial charge < -0.3 is 19.1 Å². The molecule has 0 saturated carbocycles. The summed E-state index contributed by atoms with van der Waals surface area (Å²) in [5.74, 6) is 0.477. The molecule has 1 N–H and O–H groups in total. The lowest BCUT2D eigenvalue weighted by Gasteiger charge is -2.09. The second-order valence-corrected chi connectivity index (χ2v) is 6.10. The van der Waals surface area contributed by atoms with Crippen molar-refractivity contribution in [2.75, 3.05) is 13.2 Å². The molecule has 0 aliphatic carbocycles. The number of hydrogen-bond donors (Lipinski definition) is 1. The average Bonchev–Trinajstić information content (AvgIpc) is 2.98. The molecule has 3 rings (SSSR count). The maximum absolute atomic E-state index is 12.1. The Bertz CT molecular complexity index is 994. The fourth-order valence-electron chi connectivity index (χ4n) is 2.94. The van der Waals surface area contributed by atoms with Crippen LogP contribution in [0.2, 0.25) is 0 Å². The summed E-state index contributed by atoms with van der Waals surface area (Å²) < 4.78 is 12.7. The van der Waals surface area contributed by atoms with Crippen molar-refractivity contribution < 1.29 is 19.4 Å². The number of carbonyl (C=O) groups is 1. The summed E-state index contributed by atoms with van der Waals surface area (Å²) in [5.41, 5.74) is 1.14. The van der Waals surface area contributed by atoms with Crippen molar-refractivity contribution in [3.05, 3.63) is 48.5 Å². The van der Waals surface area contributed by atoms with Crippen LogP contribution in [0.15, 0.2) is 58.8 Å². The number of aryl methyl sites for hydroxylation is 1. The summed E-state index contributed by atoms with van der Waals surface area (Å²) in [7, 11) is 0. The van der Waals surface area contributed by atoms with E-state index in [1.807, 2.05) is 44.2 Å². The standard InChI is InChI=1S/C21H23N3O4/c1-3-13-24-16-10-6-5-9-15(16)20(21(24)26)23-22-19(25)14-28-18-12-8-7-11-17(18)27-4-2/h5-12,26H,3-4,13-14H2,1-2H3. The maximum Gasteiger partial charge on any atom is 0.302 e. The molecule has 1 amide bonds. The number of aromatic nitrogens is 1. The summed E-state index contributed by atoms with van der Waals surface area (Å²) in [6.07, 6.45) is 0.856. The average molecular weight is 381 g/mol. The minimum absolute atomic E-state index is 0.00205. The van der Waals surface area contributed by atoms with Gasteiger partial charge in [0.2, 0.25) is 5.88 Å². The van der Waals surface area contributed by atoms with Crippen LogP contribution in [0.4, 0.5) is 5.69 Å². The number of rotatable bonds is 8. The first-order chi connectivity index (χ1) is 13.7. The highest BCUT2D eigenvalue weighted by molar-refractivity contribution is 5.95. The first-order valence-corrected chi connectivity index (χ1v) is 9.25. The molecule has 1 heterocycles. The number of para-hydroxylation sites is 3. The highest BCUT2D eigenvalue weighted by Gasteiger charge is 2.16. The maximum atomic E-state index is 12.1. The molecule has 28 heavy (non-hydrogen) atoms. The van der Waals surface area contributed by atoms with E-state index in [9.17, 15) is 9.90 Å². The van der Waals surface area contributed by atoms with Crippen molar-refractivity contribution in [1.82, 2.24) is 4.57 Å². The van der Waals surface area contributed by atoms with Gasteiger partial charge in [0.1, 0.15) is 0 Å². The Hall–Kier alpha value is -3.35. The van der Waals surface area contributed by atoms with E-state index < -0.39 is 5.91 Å². The Kier molecular flexibility index (Phi) is 6.26. The molecule has 1 aromatic heterocycles. The minimum atomic E-state index is -0.557. The summed E-state index contributed by atoms with van der Waals surface area (Å²) in [4.78, 5) is 12.1. The molecule has 0 bridgehead atoms. The fraction of sp³-hybridized carbons (Fsp3) is 0.286. The molecular weight excluding hydrogens is 358 g/mol. The van der Waals surface area contributed by atoms with Crippen molar-refractivity contribution in [2.24, 2.45) is 10.2 Å². The van der Waals surface area contributed by atoms with Crippen molar-refractivity contribution in [2.45, 2.75) is 26.8 Å². The van der Waals surface area contributed by atoms with Crippen LogP contribution in [0, 0.1) is 0 Å². The van der Waals surface area contributed by atoms with Gasteiger partial charge in [-0.25, -0.2) is 0 Å². The van der Waals surface area contributed by atoms with Crippen LogP contribution in [0.1, 0.15) is 20.3 Å². The lowest BCUT2D eigenvalue weighted by molar-refractivity contribution is -0.120. The minimum Gasteiger partial charge on any atom is -0.493 e. The number of carbonyl (C=O) groups excluding carboxylic acids is 1. The van der Waals surface area contributed by atoms with E-state index in [4.69, 9.17) is 9.47 Å². The number of fused-ring (bicyclic) bond motifs is 1. The number of azo groups is 1. The zero-order valence-corrected chi connectivity index (χ0v) is 16.0. The van der Waals surface area contributed by atoms with Gasteiger partial charge in [0.15, 0.2) is 23.8 Å². The van der Waals surface area contributed by atoms with Gasteiger partial charge in [0, 0.05) is 11.9 Å². The molecule has 146 valence electrons. The summed E-state index contributed by atoms with van der Waals surface area (Å²) in [5, 5.41) is 19.0. The van der Waals surface area contributed by atoms with Crippen LogP contribution < -0.4 is 9.47 Å². The largest absolute Gasteiger partial charge is 0.493 e. The third kappa shape index (κ3) is 4.14. The van der Waals surface area contributed by atoms with Gasteiger partial charge in [-0.2, -0.15) is 0 Å². The molecule has 0 atom stereocenters. The Morgan fingerprint density at radius 1 is 1.04 bits per heavy atom. The second-order valence-electron chi connectivity index (χ2n) is 6.10. The molecule has 0 spiro atoms. The number of hydrogen-bond acceptors (Lipinski definition) is 5. The Balaban J connectivity index is 1.76. The molecule has 0 saturated heterocycles. The van der Waals surface area contributed by atoms with Crippen molar-refractivity contribution in [3.63, 3.8) is 0 Å². The number of ether oxygens (including phenoxy) is 2. The van der Waals surface area contributed by atoms with Gasteiger partial charge in [-0.1, -0.05) is 37.3 Å². The molecule has 0 radical (unpaired) electrons. The quantitative estimate of drug-likeness (QED) is 0.566. The number of amides is 1. The van der Waals surface area contributed by atoms with Crippen LogP contribution in [0.3, 0.4) is 0 Å². The highest BCUT2D eigenvalue weighted by Crippen LogP contribution is 2.38. The molecule has 3 aromatic rings. The molecule has 2 aromatic carbocycles. The zero-order valence-electron chi connectivity index (χ0n) is 16.0. The van der Waals surface area contributed by atoms with Gasteiger partial charge in [0.05, 0.1) is 12.1 Å². The number of benzene rings is 2. The van der Waals surface area contributed by atoms with Gasteiger partial charge in [-0.15, -0.1) is 10.2 Å². The molecule has 0 fully saturated rings. The second kappa shape index (κ2) is 9.03. The van der Waals surface area contributed by atoms with Crippen molar-refractivity contribution in [3.8, 4) is 17.4 Å². The van der Waals surface area contributed by atoms with Crippen LogP contribution in [-0.2, 0) is 11.3 Å². The summed E-state index contributed by atoms with van der Waals surface area (Å²) in [6, 6.07) is 14.6. The van der Waals surface area contributed by atoms with E-state index in [1.54, 1.807) is 22.8 Å². The van der Waals surface area contributed by atoms with E-state index in [-0.39, 0.29) is 18.2 Å². The van der Waals surface area contributed by atoms with Gasteiger partial charge >= 0.3 is 5.91 Å². The van der Waals surface area contributed by atoms with Crippen LogP contribution in [0.25, 0.3) is 10.9 Å². The van der Waals surface area contributed by atoms with Crippen LogP contribution in [-0.4, -0.2) is 28.8 Å². The number of nitrogens with zero attached hydrogens (tertiary/aromatic N) is 3. The number of aromatic hydroxyl groups is 1. The van der Waals surface area contributed by atoms with E-state index >= 15 is 0 Å². The summed E-state index contributed by atoms with van der Waals surface area (Å²) in [6.45, 7) is 4.76. The van der Waals surface area contributed by atoms with Gasteiger partial charge in [0.25, 0.3) is 0 Å². The summed E-state index contributed by atoms with van der Waals surface area (Å²) >= 11 is 0. The molecular formula is C21H23N3O4. The smallest absolute Gasteiger partial charge is 0.302 e. The van der Waals surface area contributed by atoms with Crippen molar-refractivity contribution in [1.29, 1.82) is 0 Å². The van der Waals surface area contributed by atoms with Crippen molar-refractivity contribution >= 4 is 22.5 Å². The Morgan fingerprint density at radius 3 is 2.43 bits per heavy atom. The van der Waals surface area contributed by atoms with Crippen LogP contribution in [0.5, 0.6) is 17.4 Å². The third-order valence-corrected chi connectivity index (χ3v) is 4.13. The van der Waals surface area contributed by atoms with Gasteiger partial charge in [-0.3, -0.25) is 4.79 Å². The Labute approximate surface area is 163 Å². The van der Waals surface area contributed by atoms with E-state index in [2.05, 4.69) is 10.2 Å². The highest BCUT2D eigenvalue weighted by atomic mass is 16.5. The van der Waals surface area contributed by atoms with Crippen LogP contribution >= 0.6 is 0 Å². The normalized spacial score (nSPS) is 11.2. The zero-order chi connectivity index (χ0) is 19.9. The van der Waals surface area contributed by atoms with E-state index in [0.717, 1.165) is 17.3 Å². The third-order valence-electron chi connectivity index (χ3n) is 4.13. The predicted octanol–water partition coefficient (Wildman–Crippen LogP) is 4.84. The monoisotopic (exact) mass is 381 g/mol. The fourth-order valence-corrected chi connectivity index (χ4v) is 2.94. The topological polar surface area (TPSA) is 85.4 Å². The van der Waals surface area contributed by atoms with E-state index in [1.165, 1.54) is 0 Å². The molecule has 7 heteroatoms. The molecule has 0 aliphatic heterocycles. The lowest BCUT2D eigenvalue weighted by atomic mass is 10.2. The SMILES string of the molecule is CCCn1c(O)c(N=NC(=O)COc2ccccc2OCC)c2ccccc21. The van der Waals surface area contributed by atoms with E-state index in [0.29, 0.717) is 24.7 Å². The van der Waals surface area contributed by atoms with Gasteiger partial charge in [-0.05, 0) is 31.5 Å². The molecule has 7 nitrogen and oxygen atoms in total. The molecule has 0 unspecified atom stereocenters. The Morgan fingerprint density at radius 2 is 1.71 bits per heavy atom. The first-order valence-electron chi connectivity index (χ1n) is 9.25. The lowest BCUT2D eigenvalue weighted by Crippen LogP contribution is -2.09. The first kappa shape index (κ1) is 19.4.